The maximum absolute atomic E-state index is 12.4. The molecule has 1 heterocycles. The van der Waals surface area contributed by atoms with Crippen LogP contribution in [0.4, 0.5) is 0 Å². The zero-order valence-electron chi connectivity index (χ0n) is 17.5. The van der Waals surface area contributed by atoms with Gasteiger partial charge < -0.3 is 20.6 Å². The predicted molar refractivity (Wildman–Crippen MR) is 114 cm³/mol. The number of aryl methyl sites for hydroxylation is 1. The molecule has 0 aliphatic carbocycles. The molecule has 1 aliphatic rings. The zero-order chi connectivity index (χ0) is 22.8. The number of phenols is 1. The number of aliphatic carboxylic acids is 2. The van der Waals surface area contributed by atoms with E-state index in [1.807, 2.05) is 18.2 Å². The summed E-state index contributed by atoms with van der Waals surface area (Å²) in [5.41, 5.74) is 3.31. The molecule has 0 atom stereocenters. The largest absolute Gasteiger partial charge is 0.508 e. The summed E-state index contributed by atoms with van der Waals surface area (Å²) in [5.74, 6) is -3.06. The lowest BCUT2D eigenvalue weighted by atomic mass is 9.95. The fourth-order valence-electron chi connectivity index (χ4n) is 3.28. The normalized spacial score (nSPS) is 14.2. The highest BCUT2D eigenvalue weighted by atomic mass is 16.4. The van der Waals surface area contributed by atoms with Gasteiger partial charge in [0, 0.05) is 24.6 Å². The number of amides is 1. The topological polar surface area (TPSA) is 127 Å². The van der Waals surface area contributed by atoms with E-state index < -0.39 is 11.9 Å². The molecule has 1 aliphatic heterocycles. The molecule has 0 unspecified atom stereocenters. The first-order valence-corrected chi connectivity index (χ1v) is 10.0. The second-order valence-electron chi connectivity index (χ2n) is 7.49. The molecule has 31 heavy (non-hydrogen) atoms. The van der Waals surface area contributed by atoms with E-state index >= 15 is 0 Å². The summed E-state index contributed by atoms with van der Waals surface area (Å²) >= 11 is 0. The Balaban J connectivity index is 0.000000501. The second kappa shape index (κ2) is 11.7. The summed E-state index contributed by atoms with van der Waals surface area (Å²) in [5, 5.41) is 27.7. The third kappa shape index (κ3) is 8.10. The number of phenolic OH excluding ortho intramolecular Hbond substituents is 1. The van der Waals surface area contributed by atoms with Crippen molar-refractivity contribution in [2.75, 3.05) is 13.1 Å². The van der Waals surface area contributed by atoms with Crippen molar-refractivity contribution in [1.82, 2.24) is 10.2 Å². The van der Waals surface area contributed by atoms with Gasteiger partial charge in [-0.05, 0) is 44.5 Å². The Labute approximate surface area is 181 Å². The molecule has 0 bridgehead atoms. The van der Waals surface area contributed by atoms with E-state index in [0.717, 1.165) is 43.6 Å². The standard InChI is InChI=1S/C21H26N2O2.C2H2O4/c1-16-6-8-17(9-7-16)14-22-21(25)18-10-12-23(13-11-18)15-19-4-2-3-5-20(19)24;3-1(4)2(5)6/h2-9,18,24H,10-15H2,1H3,(H,22,25);(H,3,4)(H,5,6). The molecular formula is C23H28N2O6. The quantitative estimate of drug-likeness (QED) is 0.539. The molecule has 166 valence electrons. The highest BCUT2D eigenvalue weighted by Crippen LogP contribution is 2.23. The molecule has 8 heteroatoms. The van der Waals surface area contributed by atoms with Crippen molar-refractivity contribution in [2.45, 2.75) is 32.9 Å². The van der Waals surface area contributed by atoms with Gasteiger partial charge in [-0.15, -0.1) is 0 Å². The molecule has 1 amide bonds. The molecule has 0 saturated carbocycles. The van der Waals surface area contributed by atoms with Crippen LogP contribution in [0.5, 0.6) is 5.75 Å². The molecule has 0 spiro atoms. The van der Waals surface area contributed by atoms with E-state index in [0.29, 0.717) is 12.3 Å². The van der Waals surface area contributed by atoms with Crippen LogP contribution in [0.2, 0.25) is 0 Å². The van der Waals surface area contributed by atoms with Gasteiger partial charge in [-0.2, -0.15) is 0 Å². The third-order valence-electron chi connectivity index (χ3n) is 5.11. The zero-order valence-corrected chi connectivity index (χ0v) is 17.5. The number of likely N-dealkylation sites (tertiary alicyclic amines) is 1. The molecule has 1 fully saturated rings. The fraction of sp³-hybridized carbons (Fsp3) is 0.348. The third-order valence-corrected chi connectivity index (χ3v) is 5.11. The van der Waals surface area contributed by atoms with Crippen LogP contribution in [0, 0.1) is 12.8 Å². The van der Waals surface area contributed by atoms with Gasteiger partial charge in [-0.25, -0.2) is 9.59 Å². The smallest absolute Gasteiger partial charge is 0.414 e. The summed E-state index contributed by atoms with van der Waals surface area (Å²) in [6.07, 6.45) is 1.74. The number of carbonyl (C=O) groups excluding carboxylic acids is 1. The Bertz CT molecular complexity index is 877. The summed E-state index contributed by atoms with van der Waals surface area (Å²) in [6.45, 7) is 5.17. The number of para-hydroxylation sites is 1. The van der Waals surface area contributed by atoms with Crippen molar-refractivity contribution >= 4 is 17.8 Å². The molecule has 2 aromatic rings. The van der Waals surface area contributed by atoms with Crippen molar-refractivity contribution in [1.29, 1.82) is 0 Å². The lowest BCUT2D eigenvalue weighted by molar-refractivity contribution is -0.159. The minimum atomic E-state index is -1.82. The summed E-state index contributed by atoms with van der Waals surface area (Å²) in [4.78, 5) is 32.9. The molecule has 0 radical (unpaired) electrons. The lowest BCUT2D eigenvalue weighted by Gasteiger charge is -2.31. The predicted octanol–water partition coefficient (Wildman–Crippen LogP) is 2.38. The summed E-state index contributed by atoms with van der Waals surface area (Å²) in [7, 11) is 0. The van der Waals surface area contributed by atoms with Crippen LogP contribution in [-0.2, 0) is 27.5 Å². The summed E-state index contributed by atoms with van der Waals surface area (Å²) in [6, 6.07) is 15.7. The molecule has 2 aromatic carbocycles. The van der Waals surface area contributed by atoms with Gasteiger partial charge in [0.25, 0.3) is 0 Å². The Hall–Kier alpha value is -3.39. The number of carboxylic acid groups (broad SMARTS) is 2. The van der Waals surface area contributed by atoms with Crippen molar-refractivity contribution in [3.8, 4) is 5.75 Å². The van der Waals surface area contributed by atoms with Crippen LogP contribution in [0.1, 0.15) is 29.5 Å². The molecule has 4 N–H and O–H groups in total. The fourth-order valence-corrected chi connectivity index (χ4v) is 3.28. The lowest BCUT2D eigenvalue weighted by Crippen LogP contribution is -2.40. The van der Waals surface area contributed by atoms with Crippen LogP contribution in [-0.4, -0.2) is 51.2 Å². The molecule has 1 saturated heterocycles. The number of hydrogen-bond donors (Lipinski definition) is 4. The Morgan fingerprint density at radius 2 is 1.55 bits per heavy atom. The van der Waals surface area contributed by atoms with E-state index in [-0.39, 0.29) is 11.8 Å². The highest BCUT2D eigenvalue weighted by molar-refractivity contribution is 6.27. The van der Waals surface area contributed by atoms with Crippen molar-refractivity contribution in [2.24, 2.45) is 5.92 Å². The summed E-state index contributed by atoms with van der Waals surface area (Å²) < 4.78 is 0. The van der Waals surface area contributed by atoms with Crippen LogP contribution in [0.25, 0.3) is 0 Å². The Kier molecular flexibility index (Phi) is 9.02. The number of rotatable bonds is 5. The number of nitrogens with one attached hydrogen (secondary N) is 1. The molecular weight excluding hydrogens is 400 g/mol. The maximum atomic E-state index is 12.4. The second-order valence-corrected chi connectivity index (χ2v) is 7.49. The average Bonchev–Trinajstić information content (AvgIpc) is 2.75. The van der Waals surface area contributed by atoms with Gasteiger partial charge in [-0.1, -0.05) is 48.0 Å². The van der Waals surface area contributed by atoms with E-state index in [1.165, 1.54) is 5.56 Å². The van der Waals surface area contributed by atoms with Crippen LogP contribution >= 0.6 is 0 Å². The van der Waals surface area contributed by atoms with E-state index in [4.69, 9.17) is 19.8 Å². The first-order valence-electron chi connectivity index (χ1n) is 10.0. The Morgan fingerprint density at radius 1 is 0.968 bits per heavy atom. The number of aromatic hydroxyl groups is 1. The van der Waals surface area contributed by atoms with Crippen molar-refractivity contribution < 1.29 is 29.7 Å². The maximum Gasteiger partial charge on any atom is 0.414 e. The van der Waals surface area contributed by atoms with Gasteiger partial charge in [0.2, 0.25) is 5.91 Å². The van der Waals surface area contributed by atoms with Crippen LogP contribution < -0.4 is 5.32 Å². The van der Waals surface area contributed by atoms with Crippen LogP contribution in [0.3, 0.4) is 0 Å². The minimum absolute atomic E-state index is 0.0890. The Morgan fingerprint density at radius 3 is 2.10 bits per heavy atom. The van der Waals surface area contributed by atoms with E-state index in [2.05, 4.69) is 41.4 Å². The molecule has 3 rings (SSSR count). The van der Waals surface area contributed by atoms with Gasteiger partial charge in [0.05, 0.1) is 0 Å². The van der Waals surface area contributed by atoms with Crippen LogP contribution in [0.15, 0.2) is 48.5 Å². The van der Waals surface area contributed by atoms with Gasteiger partial charge in [0.1, 0.15) is 5.75 Å². The number of nitrogens with zero attached hydrogens (tertiary/aromatic N) is 1. The number of benzene rings is 2. The molecule has 0 aromatic heterocycles. The number of piperidine rings is 1. The number of carbonyl (C=O) groups is 3. The van der Waals surface area contributed by atoms with Crippen molar-refractivity contribution in [3.63, 3.8) is 0 Å². The van der Waals surface area contributed by atoms with E-state index in [1.54, 1.807) is 6.07 Å². The van der Waals surface area contributed by atoms with Gasteiger partial charge in [-0.3, -0.25) is 9.69 Å². The first-order chi connectivity index (χ1) is 14.8. The molecule has 8 nitrogen and oxygen atoms in total. The van der Waals surface area contributed by atoms with Gasteiger partial charge >= 0.3 is 11.9 Å². The minimum Gasteiger partial charge on any atom is -0.508 e. The first kappa shape index (κ1) is 23.9. The number of hydrogen-bond acceptors (Lipinski definition) is 5. The highest BCUT2D eigenvalue weighted by Gasteiger charge is 2.25. The average molecular weight is 428 g/mol. The number of carboxylic acids is 2. The SMILES string of the molecule is Cc1ccc(CNC(=O)C2CCN(Cc3ccccc3O)CC2)cc1.O=C(O)C(=O)O. The van der Waals surface area contributed by atoms with E-state index in [9.17, 15) is 9.90 Å². The van der Waals surface area contributed by atoms with Crippen molar-refractivity contribution in [3.05, 3.63) is 65.2 Å². The van der Waals surface area contributed by atoms with Gasteiger partial charge in [0.15, 0.2) is 0 Å². The monoisotopic (exact) mass is 428 g/mol.